The van der Waals surface area contributed by atoms with Crippen LogP contribution < -0.4 is 5.73 Å². The van der Waals surface area contributed by atoms with Gasteiger partial charge in [-0.3, -0.25) is 9.88 Å². The van der Waals surface area contributed by atoms with E-state index >= 15 is 0 Å². The average molecular weight is 240 g/mol. The fourth-order valence-corrected chi connectivity index (χ4v) is 2.03. The molecule has 0 aliphatic carbocycles. The molecule has 90 valence electrons. The van der Waals surface area contributed by atoms with Crippen molar-refractivity contribution in [3.05, 3.63) is 18.1 Å². The molecule has 1 heterocycles. The molecule has 0 radical (unpaired) electrons. The number of rotatable bonds is 6. The zero-order valence-corrected chi connectivity index (χ0v) is 11.0. The van der Waals surface area contributed by atoms with E-state index in [0.29, 0.717) is 12.6 Å². The van der Waals surface area contributed by atoms with Gasteiger partial charge in [-0.25, -0.2) is 4.98 Å². The van der Waals surface area contributed by atoms with Crippen molar-refractivity contribution >= 4 is 11.8 Å². The van der Waals surface area contributed by atoms with Crippen LogP contribution in [0.2, 0.25) is 0 Å². The predicted octanol–water partition coefficient (Wildman–Crippen LogP) is 1.37. The Labute approximate surface area is 102 Å². The zero-order chi connectivity index (χ0) is 12.0. The molecule has 1 aromatic rings. The Morgan fingerprint density at radius 1 is 1.38 bits per heavy atom. The van der Waals surface area contributed by atoms with Gasteiger partial charge in [0.1, 0.15) is 5.03 Å². The van der Waals surface area contributed by atoms with Crippen LogP contribution in [0.15, 0.2) is 17.4 Å². The second-order valence-electron chi connectivity index (χ2n) is 3.87. The lowest BCUT2D eigenvalue weighted by atomic mass is 10.3. The van der Waals surface area contributed by atoms with Crippen LogP contribution in [0.4, 0.5) is 0 Å². The lowest BCUT2D eigenvalue weighted by Crippen LogP contribution is -2.35. The summed E-state index contributed by atoms with van der Waals surface area (Å²) in [6.07, 6.45) is 5.50. The Morgan fingerprint density at radius 2 is 2.06 bits per heavy atom. The molecule has 2 N–H and O–H groups in total. The van der Waals surface area contributed by atoms with E-state index < -0.39 is 0 Å². The molecule has 1 aromatic heterocycles. The molecule has 16 heavy (non-hydrogen) atoms. The van der Waals surface area contributed by atoms with E-state index in [2.05, 4.69) is 28.7 Å². The van der Waals surface area contributed by atoms with E-state index in [1.807, 2.05) is 6.26 Å². The van der Waals surface area contributed by atoms with Crippen molar-refractivity contribution in [1.82, 2.24) is 14.9 Å². The second kappa shape index (κ2) is 6.83. The maximum absolute atomic E-state index is 5.61. The third-order valence-corrected chi connectivity index (χ3v) is 3.16. The van der Waals surface area contributed by atoms with Crippen molar-refractivity contribution < 1.29 is 0 Å². The number of aromatic nitrogens is 2. The largest absolute Gasteiger partial charge is 0.329 e. The van der Waals surface area contributed by atoms with E-state index in [0.717, 1.165) is 23.8 Å². The lowest BCUT2D eigenvalue weighted by molar-refractivity contribution is 0.214. The minimum Gasteiger partial charge on any atom is -0.329 e. The first-order chi connectivity index (χ1) is 7.69. The van der Waals surface area contributed by atoms with Crippen molar-refractivity contribution in [2.45, 2.75) is 31.5 Å². The zero-order valence-electron chi connectivity index (χ0n) is 10.2. The highest BCUT2D eigenvalue weighted by atomic mass is 32.2. The molecule has 0 aromatic carbocycles. The molecular formula is C11H20N4S. The van der Waals surface area contributed by atoms with Crippen LogP contribution in [0.1, 0.15) is 19.5 Å². The Kier molecular flexibility index (Phi) is 5.73. The SMILES string of the molecule is CSc1nccnc1CN(CCN)C(C)C. The molecule has 0 saturated carbocycles. The summed E-state index contributed by atoms with van der Waals surface area (Å²) in [5.41, 5.74) is 6.65. The van der Waals surface area contributed by atoms with E-state index in [-0.39, 0.29) is 0 Å². The highest BCUT2D eigenvalue weighted by Gasteiger charge is 2.12. The van der Waals surface area contributed by atoms with Crippen LogP contribution in [-0.4, -0.2) is 40.3 Å². The standard InChI is InChI=1S/C11H20N4S/c1-9(2)15(7-4-12)8-10-11(16-3)14-6-5-13-10/h5-6,9H,4,7-8,12H2,1-3H3. The Balaban J connectivity index is 2.76. The Hall–Kier alpha value is -0.650. The van der Waals surface area contributed by atoms with Gasteiger partial charge in [0, 0.05) is 38.1 Å². The topological polar surface area (TPSA) is 55.0 Å². The number of hydrogen-bond acceptors (Lipinski definition) is 5. The van der Waals surface area contributed by atoms with Gasteiger partial charge in [0.25, 0.3) is 0 Å². The van der Waals surface area contributed by atoms with Crippen molar-refractivity contribution in [2.75, 3.05) is 19.3 Å². The average Bonchev–Trinajstić information content (AvgIpc) is 2.29. The number of hydrogen-bond donors (Lipinski definition) is 1. The first-order valence-electron chi connectivity index (χ1n) is 5.47. The van der Waals surface area contributed by atoms with Gasteiger partial charge in [-0.05, 0) is 20.1 Å². The van der Waals surface area contributed by atoms with Crippen molar-refractivity contribution in [3.63, 3.8) is 0 Å². The maximum Gasteiger partial charge on any atom is 0.119 e. The maximum atomic E-state index is 5.61. The van der Waals surface area contributed by atoms with Crippen molar-refractivity contribution in [3.8, 4) is 0 Å². The molecule has 0 spiro atoms. The van der Waals surface area contributed by atoms with E-state index in [4.69, 9.17) is 5.73 Å². The third kappa shape index (κ3) is 3.73. The highest BCUT2D eigenvalue weighted by molar-refractivity contribution is 7.98. The lowest BCUT2D eigenvalue weighted by Gasteiger charge is -2.25. The molecule has 1 rings (SSSR count). The quantitative estimate of drug-likeness (QED) is 0.761. The van der Waals surface area contributed by atoms with Crippen LogP contribution >= 0.6 is 11.8 Å². The van der Waals surface area contributed by atoms with Crippen molar-refractivity contribution in [1.29, 1.82) is 0 Å². The molecule has 0 amide bonds. The van der Waals surface area contributed by atoms with Gasteiger partial charge in [-0.15, -0.1) is 11.8 Å². The first kappa shape index (κ1) is 13.4. The molecule has 0 saturated heterocycles. The molecule has 4 nitrogen and oxygen atoms in total. The Bertz CT molecular complexity index is 317. The highest BCUT2D eigenvalue weighted by Crippen LogP contribution is 2.17. The van der Waals surface area contributed by atoms with E-state index in [1.165, 1.54) is 0 Å². The number of nitrogens with zero attached hydrogens (tertiary/aromatic N) is 3. The number of nitrogens with two attached hydrogens (primary N) is 1. The minimum absolute atomic E-state index is 0.472. The second-order valence-corrected chi connectivity index (χ2v) is 4.66. The molecule has 5 heteroatoms. The van der Waals surface area contributed by atoms with Gasteiger partial charge in [-0.2, -0.15) is 0 Å². The van der Waals surface area contributed by atoms with E-state index in [1.54, 1.807) is 24.2 Å². The van der Waals surface area contributed by atoms with Crippen molar-refractivity contribution in [2.24, 2.45) is 5.73 Å². The summed E-state index contributed by atoms with van der Waals surface area (Å²) in [6.45, 7) is 6.73. The van der Waals surface area contributed by atoms with Crippen LogP contribution in [0.5, 0.6) is 0 Å². The third-order valence-electron chi connectivity index (χ3n) is 2.43. The Morgan fingerprint density at radius 3 is 2.62 bits per heavy atom. The summed E-state index contributed by atoms with van der Waals surface area (Å²) in [4.78, 5) is 11.0. The van der Waals surface area contributed by atoms with Gasteiger partial charge >= 0.3 is 0 Å². The van der Waals surface area contributed by atoms with E-state index in [9.17, 15) is 0 Å². The molecule has 0 unspecified atom stereocenters. The smallest absolute Gasteiger partial charge is 0.119 e. The predicted molar refractivity (Wildman–Crippen MR) is 68.4 cm³/mol. The van der Waals surface area contributed by atoms with Gasteiger partial charge in [0.15, 0.2) is 0 Å². The summed E-state index contributed by atoms with van der Waals surface area (Å²) in [7, 11) is 0. The summed E-state index contributed by atoms with van der Waals surface area (Å²) in [5.74, 6) is 0. The van der Waals surface area contributed by atoms with Crippen LogP contribution in [0.25, 0.3) is 0 Å². The monoisotopic (exact) mass is 240 g/mol. The summed E-state index contributed by atoms with van der Waals surface area (Å²) < 4.78 is 0. The summed E-state index contributed by atoms with van der Waals surface area (Å²) in [5, 5.41) is 1.00. The van der Waals surface area contributed by atoms with Gasteiger partial charge in [0.2, 0.25) is 0 Å². The van der Waals surface area contributed by atoms with Crippen LogP contribution in [0, 0.1) is 0 Å². The normalized spacial score (nSPS) is 11.4. The summed E-state index contributed by atoms with van der Waals surface area (Å²) >= 11 is 1.64. The molecular weight excluding hydrogens is 220 g/mol. The van der Waals surface area contributed by atoms with Crippen LogP contribution in [-0.2, 0) is 6.54 Å². The molecule has 0 fully saturated rings. The van der Waals surface area contributed by atoms with Gasteiger partial charge < -0.3 is 5.73 Å². The van der Waals surface area contributed by atoms with Gasteiger partial charge in [-0.1, -0.05) is 0 Å². The fourth-order valence-electron chi connectivity index (χ4n) is 1.51. The summed E-state index contributed by atoms with van der Waals surface area (Å²) in [6, 6.07) is 0.472. The van der Waals surface area contributed by atoms with Crippen LogP contribution in [0.3, 0.4) is 0 Å². The first-order valence-corrected chi connectivity index (χ1v) is 6.69. The molecule has 0 atom stereocenters. The molecule has 0 bridgehead atoms. The molecule has 0 aliphatic heterocycles. The number of thioether (sulfide) groups is 1. The minimum atomic E-state index is 0.472. The van der Waals surface area contributed by atoms with Gasteiger partial charge in [0.05, 0.1) is 5.69 Å². The fraction of sp³-hybridized carbons (Fsp3) is 0.636. The molecule has 0 aliphatic rings.